The van der Waals surface area contributed by atoms with E-state index in [1.165, 1.54) is 17.0 Å². The maximum Gasteiger partial charge on any atom is 0.264 e. The second-order valence-electron chi connectivity index (χ2n) is 11.0. The zero-order chi connectivity index (χ0) is 31.3. The van der Waals surface area contributed by atoms with Gasteiger partial charge in [-0.2, -0.15) is 0 Å². The number of carbonyl (C=O) groups excluding carboxylic acids is 2. The van der Waals surface area contributed by atoms with Gasteiger partial charge in [-0.1, -0.05) is 83.9 Å². The summed E-state index contributed by atoms with van der Waals surface area (Å²) < 4.78 is 29.2. The Morgan fingerprint density at radius 1 is 0.884 bits per heavy atom. The minimum atomic E-state index is -4.22. The number of carbonyl (C=O) groups is 2. The van der Waals surface area contributed by atoms with Crippen LogP contribution in [0.4, 0.5) is 5.69 Å². The molecule has 4 rings (SSSR count). The number of hydrogen-bond acceptors (Lipinski definition) is 4. The SMILES string of the molecule is Cc1ccc(S(=O)(=O)N(CC(=O)N(Cc2c(Cl)cccc2Cl)[C@@H](C)C(=O)NC2CCCCC2)c2cccc(Cl)c2C)cc1. The van der Waals surface area contributed by atoms with Crippen LogP contribution in [-0.4, -0.2) is 43.8 Å². The number of aryl methyl sites for hydroxylation is 1. The maximum absolute atomic E-state index is 14.2. The number of amides is 2. The summed E-state index contributed by atoms with van der Waals surface area (Å²) in [5, 5.41) is 4.11. The summed E-state index contributed by atoms with van der Waals surface area (Å²) in [4.78, 5) is 29.1. The van der Waals surface area contributed by atoms with Crippen LogP contribution >= 0.6 is 34.8 Å². The molecule has 1 saturated carbocycles. The van der Waals surface area contributed by atoms with Gasteiger partial charge in [0.2, 0.25) is 11.8 Å². The van der Waals surface area contributed by atoms with Crippen LogP contribution in [0, 0.1) is 13.8 Å². The smallest absolute Gasteiger partial charge is 0.264 e. The lowest BCUT2D eigenvalue weighted by Crippen LogP contribution is -2.53. The van der Waals surface area contributed by atoms with Crippen molar-refractivity contribution in [1.29, 1.82) is 0 Å². The third-order valence-corrected chi connectivity index (χ3v) is 10.8. The van der Waals surface area contributed by atoms with Gasteiger partial charge in [-0.15, -0.1) is 0 Å². The van der Waals surface area contributed by atoms with E-state index < -0.39 is 28.5 Å². The van der Waals surface area contributed by atoms with Crippen molar-refractivity contribution in [3.05, 3.63) is 92.4 Å². The van der Waals surface area contributed by atoms with Gasteiger partial charge in [-0.3, -0.25) is 13.9 Å². The average molecular weight is 665 g/mol. The van der Waals surface area contributed by atoms with Crippen LogP contribution in [0.2, 0.25) is 15.1 Å². The fraction of sp³-hybridized carbons (Fsp3) is 0.375. The zero-order valence-electron chi connectivity index (χ0n) is 24.4. The van der Waals surface area contributed by atoms with Crippen molar-refractivity contribution in [3.63, 3.8) is 0 Å². The van der Waals surface area contributed by atoms with Gasteiger partial charge in [0.05, 0.1) is 10.6 Å². The first-order valence-electron chi connectivity index (χ1n) is 14.3. The standard InChI is InChI=1S/C32H36Cl3N3O4S/c1-21-15-17-25(18-16-21)43(41,42)38(30-14-8-11-27(33)22(30)2)20-31(39)37(19-26-28(34)12-7-13-29(26)35)23(3)32(40)36-24-9-5-4-6-10-24/h7-8,11-18,23-24H,4-6,9-10,19-20H2,1-3H3,(H,36,40)/t23-/m0/s1. The molecule has 0 radical (unpaired) electrons. The predicted octanol–water partition coefficient (Wildman–Crippen LogP) is 7.33. The second-order valence-corrected chi connectivity index (χ2v) is 14.0. The van der Waals surface area contributed by atoms with Crippen molar-refractivity contribution in [1.82, 2.24) is 10.2 Å². The number of benzene rings is 3. The first kappa shape index (κ1) is 33.1. The van der Waals surface area contributed by atoms with Gasteiger partial charge in [-0.25, -0.2) is 8.42 Å². The second kappa shape index (κ2) is 14.3. The number of nitrogens with one attached hydrogen (secondary N) is 1. The molecule has 0 aliphatic heterocycles. The van der Waals surface area contributed by atoms with E-state index in [1.807, 2.05) is 6.92 Å². The van der Waals surface area contributed by atoms with Crippen LogP contribution in [0.25, 0.3) is 0 Å². The molecule has 1 aliphatic carbocycles. The molecule has 1 N–H and O–H groups in total. The van der Waals surface area contributed by atoms with Crippen molar-refractivity contribution in [2.45, 2.75) is 76.4 Å². The molecule has 0 heterocycles. The van der Waals surface area contributed by atoms with Gasteiger partial charge >= 0.3 is 0 Å². The van der Waals surface area contributed by atoms with Crippen molar-refractivity contribution in [3.8, 4) is 0 Å². The molecule has 1 aliphatic rings. The molecule has 230 valence electrons. The van der Waals surface area contributed by atoms with E-state index in [2.05, 4.69) is 5.32 Å². The number of anilines is 1. The maximum atomic E-state index is 14.2. The molecule has 3 aromatic rings. The minimum absolute atomic E-state index is 0.0223. The van der Waals surface area contributed by atoms with Crippen LogP contribution < -0.4 is 9.62 Å². The highest BCUT2D eigenvalue weighted by Gasteiger charge is 2.34. The Kier molecular flexibility index (Phi) is 11.0. The summed E-state index contributed by atoms with van der Waals surface area (Å²) >= 11 is 19.4. The molecule has 0 unspecified atom stereocenters. The fourth-order valence-corrected chi connectivity index (χ4v) is 7.38. The largest absolute Gasteiger partial charge is 0.352 e. The number of nitrogens with zero attached hydrogens (tertiary/aromatic N) is 2. The molecule has 0 saturated heterocycles. The lowest BCUT2D eigenvalue weighted by Gasteiger charge is -2.34. The Hall–Kier alpha value is -2.78. The third-order valence-electron chi connectivity index (χ3n) is 7.90. The molecule has 0 spiro atoms. The van der Waals surface area contributed by atoms with Crippen LogP contribution in [-0.2, 0) is 26.2 Å². The van der Waals surface area contributed by atoms with Crippen molar-refractivity contribution in [2.24, 2.45) is 0 Å². The van der Waals surface area contributed by atoms with Gasteiger partial charge < -0.3 is 10.2 Å². The van der Waals surface area contributed by atoms with E-state index in [9.17, 15) is 18.0 Å². The van der Waals surface area contributed by atoms with E-state index >= 15 is 0 Å². The Morgan fingerprint density at radius 3 is 2.09 bits per heavy atom. The molecular formula is C32H36Cl3N3O4S. The van der Waals surface area contributed by atoms with E-state index in [0.717, 1.165) is 42.0 Å². The molecule has 1 atom stereocenters. The average Bonchev–Trinajstić information content (AvgIpc) is 2.97. The lowest BCUT2D eigenvalue weighted by molar-refractivity contribution is -0.139. The van der Waals surface area contributed by atoms with E-state index in [4.69, 9.17) is 34.8 Å². The number of sulfonamides is 1. The van der Waals surface area contributed by atoms with Crippen molar-refractivity contribution < 1.29 is 18.0 Å². The highest BCUT2D eigenvalue weighted by atomic mass is 35.5. The molecule has 2 amide bonds. The van der Waals surface area contributed by atoms with E-state index in [0.29, 0.717) is 26.2 Å². The molecular weight excluding hydrogens is 629 g/mol. The molecule has 0 aromatic heterocycles. The van der Waals surface area contributed by atoms with Crippen LogP contribution in [0.1, 0.15) is 55.7 Å². The van der Waals surface area contributed by atoms with Gasteiger partial charge in [0.15, 0.2) is 0 Å². The summed E-state index contributed by atoms with van der Waals surface area (Å²) in [5.41, 5.74) is 2.11. The normalized spacial score (nSPS) is 14.7. The fourth-order valence-electron chi connectivity index (χ4n) is 5.22. The highest BCUT2D eigenvalue weighted by molar-refractivity contribution is 7.92. The monoisotopic (exact) mass is 663 g/mol. The molecule has 3 aromatic carbocycles. The highest BCUT2D eigenvalue weighted by Crippen LogP contribution is 2.32. The molecule has 11 heteroatoms. The molecule has 1 fully saturated rings. The van der Waals surface area contributed by atoms with Crippen LogP contribution in [0.5, 0.6) is 0 Å². The first-order chi connectivity index (χ1) is 20.4. The Labute approximate surface area is 269 Å². The summed E-state index contributed by atoms with van der Waals surface area (Å²) in [7, 11) is -4.22. The zero-order valence-corrected chi connectivity index (χ0v) is 27.5. The van der Waals surface area contributed by atoms with Gasteiger partial charge in [0, 0.05) is 33.2 Å². The quantitative estimate of drug-likeness (QED) is 0.246. The Bertz CT molecular complexity index is 1550. The van der Waals surface area contributed by atoms with E-state index in [-0.39, 0.29) is 29.1 Å². The summed E-state index contributed by atoms with van der Waals surface area (Å²) in [5.74, 6) is -0.923. The molecule has 0 bridgehead atoms. The first-order valence-corrected chi connectivity index (χ1v) is 16.8. The number of hydrogen-bond donors (Lipinski definition) is 1. The van der Waals surface area contributed by atoms with Gasteiger partial charge in [0.25, 0.3) is 10.0 Å². The molecule has 7 nitrogen and oxygen atoms in total. The van der Waals surface area contributed by atoms with Crippen molar-refractivity contribution in [2.75, 3.05) is 10.8 Å². The van der Waals surface area contributed by atoms with Gasteiger partial charge in [0.1, 0.15) is 12.6 Å². The Balaban J connectivity index is 1.74. The van der Waals surface area contributed by atoms with Gasteiger partial charge in [-0.05, 0) is 75.6 Å². The topological polar surface area (TPSA) is 86.8 Å². The third kappa shape index (κ3) is 7.85. The number of halogens is 3. The summed E-state index contributed by atoms with van der Waals surface area (Å²) in [6.07, 6.45) is 4.94. The van der Waals surface area contributed by atoms with Crippen molar-refractivity contribution >= 4 is 62.3 Å². The van der Waals surface area contributed by atoms with Crippen LogP contribution in [0.3, 0.4) is 0 Å². The minimum Gasteiger partial charge on any atom is -0.352 e. The summed E-state index contributed by atoms with van der Waals surface area (Å²) in [6.45, 7) is 4.51. The van der Waals surface area contributed by atoms with Crippen LogP contribution in [0.15, 0.2) is 65.6 Å². The predicted molar refractivity (Wildman–Crippen MR) is 173 cm³/mol. The Morgan fingerprint density at radius 2 is 1.47 bits per heavy atom. The van der Waals surface area contributed by atoms with E-state index in [1.54, 1.807) is 62.4 Å². The molecule has 43 heavy (non-hydrogen) atoms. The lowest BCUT2D eigenvalue weighted by atomic mass is 9.95. The number of rotatable bonds is 10. The summed E-state index contributed by atoms with van der Waals surface area (Å²) in [6, 6.07) is 15.4.